The van der Waals surface area contributed by atoms with Gasteiger partial charge in [-0.1, -0.05) is 0 Å². The molecule has 2 aliphatic heterocycles. The molecular formula is C22H19N3O4S. The molecule has 0 aliphatic carbocycles. The van der Waals surface area contributed by atoms with E-state index < -0.39 is 5.41 Å². The van der Waals surface area contributed by atoms with Crippen molar-refractivity contribution in [3.05, 3.63) is 71.8 Å². The number of carbonyl (C=O) groups is 1. The van der Waals surface area contributed by atoms with E-state index in [2.05, 4.69) is 10.3 Å². The molecule has 0 atom stereocenters. The Morgan fingerprint density at radius 2 is 1.40 bits per heavy atom. The van der Waals surface area contributed by atoms with Crippen molar-refractivity contribution in [2.75, 3.05) is 14.2 Å². The minimum Gasteiger partial charge on any atom is -0.497 e. The van der Waals surface area contributed by atoms with Crippen molar-refractivity contribution in [2.24, 2.45) is 16.1 Å². The van der Waals surface area contributed by atoms with E-state index in [0.29, 0.717) is 23.0 Å². The first-order valence-electron chi connectivity index (χ1n) is 9.07. The first-order chi connectivity index (χ1) is 14.4. The Hall–Kier alpha value is -3.65. The van der Waals surface area contributed by atoms with Gasteiger partial charge in [-0.25, -0.2) is 4.99 Å². The van der Waals surface area contributed by atoms with Gasteiger partial charge in [-0.2, -0.15) is 0 Å². The second-order valence-corrected chi connectivity index (χ2v) is 7.09. The summed E-state index contributed by atoms with van der Waals surface area (Å²) in [5.41, 5.74) is 6.39. The quantitative estimate of drug-likeness (QED) is 0.737. The van der Waals surface area contributed by atoms with Crippen LogP contribution in [0.5, 0.6) is 11.5 Å². The van der Waals surface area contributed by atoms with Crippen molar-refractivity contribution in [2.45, 2.75) is 0 Å². The largest absolute Gasteiger partial charge is 0.497 e. The van der Waals surface area contributed by atoms with Crippen molar-refractivity contribution in [3.8, 4) is 11.5 Å². The molecule has 0 bridgehead atoms. The smallest absolute Gasteiger partial charge is 0.248 e. The molecule has 1 amide bonds. The van der Waals surface area contributed by atoms with Crippen LogP contribution in [0.1, 0.15) is 11.1 Å². The second-order valence-electron chi connectivity index (χ2n) is 6.70. The van der Waals surface area contributed by atoms with E-state index in [1.807, 2.05) is 48.5 Å². The lowest BCUT2D eigenvalue weighted by Gasteiger charge is -2.33. The van der Waals surface area contributed by atoms with Gasteiger partial charge in [0.1, 0.15) is 28.9 Å². The van der Waals surface area contributed by atoms with E-state index in [-0.39, 0.29) is 16.9 Å². The first kappa shape index (κ1) is 19.7. The van der Waals surface area contributed by atoms with E-state index in [0.717, 1.165) is 11.1 Å². The number of hydrogen-bond acceptors (Lipinski definition) is 6. The summed E-state index contributed by atoms with van der Waals surface area (Å²) in [5, 5.41) is 2.63. The van der Waals surface area contributed by atoms with Gasteiger partial charge in [-0.15, -0.1) is 0 Å². The molecule has 4 rings (SSSR count). The molecule has 8 heteroatoms. The van der Waals surface area contributed by atoms with Gasteiger partial charge in [0, 0.05) is 11.1 Å². The number of amides is 1. The van der Waals surface area contributed by atoms with Crippen molar-refractivity contribution in [1.82, 2.24) is 5.32 Å². The topological polar surface area (TPSA) is 95.2 Å². The van der Waals surface area contributed by atoms with Crippen LogP contribution in [0.2, 0.25) is 0 Å². The number of nitrogens with zero attached hydrogens (tertiary/aromatic N) is 1. The van der Waals surface area contributed by atoms with Crippen LogP contribution in [-0.2, 0) is 9.53 Å². The molecule has 0 radical (unpaired) electrons. The molecule has 0 fully saturated rings. The third-order valence-electron chi connectivity index (χ3n) is 4.93. The fourth-order valence-electron chi connectivity index (χ4n) is 3.25. The van der Waals surface area contributed by atoms with E-state index >= 15 is 0 Å². The summed E-state index contributed by atoms with van der Waals surface area (Å²) in [4.78, 5) is 17.1. The molecule has 3 N–H and O–H groups in total. The molecule has 0 aromatic heterocycles. The molecule has 0 unspecified atom stereocenters. The second kappa shape index (κ2) is 7.64. The normalized spacial score (nSPS) is 17.3. The number of amidine groups is 1. The number of rotatable bonds is 4. The number of hydrogen-bond donors (Lipinski definition) is 2. The molecule has 1 spiro atoms. The van der Waals surface area contributed by atoms with Crippen LogP contribution < -0.4 is 20.5 Å². The Morgan fingerprint density at radius 1 is 0.933 bits per heavy atom. The zero-order valence-electron chi connectivity index (χ0n) is 16.3. The minimum absolute atomic E-state index is 0.0356. The first-order valence-corrected chi connectivity index (χ1v) is 9.48. The maximum absolute atomic E-state index is 13.0. The van der Waals surface area contributed by atoms with Crippen molar-refractivity contribution >= 4 is 40.6 Å². The summed E-state index contributed by atoms with van der Waals surface area (Å²) in [7, 11) is 3.19. The lowest BCUT2D eigenvalue weighted by atomic mass is 9.80. The molecule has 2 heterocycles. The van der Waals surface area contributed by atoms with Gasteiger partial charge in [0.2, 0.25) is 11.0 Å². The van der Waals surface area contributed by atoms with Crippen LogP contribution >= 0.6 is 12.2 Å². The number of nitrogens with one attached hydrogen (secondary N) is 1. The minimum atomic E-state index is -1.33. The lowest BCUT2D eigenvalue weighted by molar-refractivity contribution is -0.123. The van der Waals surface area contributed by atoms with Crippen LogP contribution in [-0.4, -0.2) is 31.1 Å². The molecular weight excluding hydrogens is 402 g/mol. The molecule has 2 aromatic carbocycles. The maximum Gasteiger partial charge on any atom is 0.248 e. The SMILES string of the molecule is COc1ccc(C2=CC3(C=C(c4ccc(OC)cc4)O2)C(=O)NC(=S)N=C3N)cc1. The molecule has 0 saturated carbocycles. The van der Waals surface area contributed by atoms with Crippen LogP contribution in [0.4, 0.5) is 0 Å². The number of methoxy groups -OCH3 is 2. The third-order valence-corrected chi connectivity index (χ3v) is 5.12. The van der Waals surface area contributed by atoms with Crippen molar-refractivity contribution < 1.29 is 19.0 Å². The number of benzene rings is 2. The zero-order valence-corrected chi connectivity index (χ0v) is 17.2. The fourth-order valence-corrected chi connectivity index (χ4v) is 3.44. The summed E-state index contributed by atoms with van der Waals surface area (Å²) >= 11 is 5.01. The third kappa shape index (κ3) is 3.42. The summed E-state index contributed by atoms with van der Waals surface area (Å²) < 4.78 is 16.6. The molecule has 2 aromatic rings. The number of thiocarbonyl (C=S) groups is 1. The van der Waals surface area contributed by atoms with Gasteiger partial charge >= 0.3 is 0 Å². The Bertz CT molecular complexity index is 1040. The summed E-state index contributed by atoms with van der Waals surface area (Å²) in [5.74, 6) is 2.03. The Balaban J connectivity index is 1.85. The standard InChI is InChI=1S/C22H19N3O4S/c1-27-15-7-3-13(4-8-15)17-11-22(19(23)24-21(30)25-20(22)26)12-18(29-17)14-5-9-16(28-2)10-6-14/h3-12H,1-2H3,(H3,23,24,25,26,30). The van der Waals surface area contributed by atoms with Gasteiger partial charge in [0.25, 0.3) is 0 Å². The highest BCUT2D eigenvalue weighted by Crippen LogP contribution is 2.40. The van der Waals surface area contributed by atoms with Gasteiger partial charge < -0.3 is 19.9 Å². The monoisotopic (exact) mass is 421 g/mol. The maximum atomic E-state index is 13.0. The number of nitrogens with two attached hydrogens (primary N) is 1. The van der Waals surface area contributed by atoms with Crippen LogP contribution in [0.3, 0.4) is 0 Å². The predicted octanol–water partition coefficient (Wildman–Crippen LogP) is 2.87. The summed E-state index contributed by atoms with van der Waals surface area (Å²) in [6.07, 6.45) is 3.30. The van der Waals surface area contributed by atoms with E-state index in [1.54, 1.807) is 26.4 Å². The van der Waals surface area contributed by atoms with Gasteiger partial charge in [0.15, 0.2) is 5.41 Å². The molecule has 0 saturated heterocycles. The predicted molar refractivity (Wildman–Crippen MR) is 118 cm³/mol. The van der Waals surface area contributed by atoms with E-state index in [1.165, 1.54) is 0 Å². The number of ether oxygens (including phenoxy) is 3. The molecule has 2 aliphatic rings. The number of aliphatic imine (C=N–C) groups is 1. The van der Waals surface area contributed by atoms with Gasteiger partial charge in [0.05, 0.1) is 14.2 Å². The molecule has 7 nitrogen and oxygen atoms in total. The Kier molecular flexibility index (Phi) is 5.01. The molecule has 30 heavy (non-hydrogen) atoms. The fraction of sp³-hybridized carbons (Fsp3) is 0.136. The Labute approximate surface area is 178 Å². The average Bonchev–Trinajstić information content (AvgIpc) is 2.77. The highest BCUT2D eigenvalue weighted by Gasteiger charge is 2.45. The summed E-state index contributed by atoms with van der Waals surface area (Å²) in [6, 6.07) is 14.6. The molecule has 152 valence electrons. The van der Waals surface area contributed by atoms with Crippen LogP contribution in [0, 0.1) is 5.41 Å². The lowest BCUT2D eigenvalue weighted by Crippen LogP contribution is -2.54. The van der Waals surface area contributed by atoms with Crippen LogP contribution in [0.15, 0.2) is 65.7 Å². The zero-order chi connectivity index (χ0) is 21.3. The van der Waals surface area contributed by atoms with Crippen LogP contribution in [0.25, 0.3) is 11.5 Å². The van der Waals surface area contributed by atoms with E-state index in [9.17, 15) is 4.79 Å². The van der Waals surface area contributed by atoms with Gasteiger partial charge in [-0.05, 0) is 72.9 Å². The van der Waals surface area contributed by atoms with Crippen molar-refractivity contribution in [3.63, 3.8) is 0 Å². The number of carbonyl (C=O) groups excluding carboxylic acids is 1. The average molecular weight is 421 g/mol. The highest BCUT2D eigenvalue weighted by molar-refractivity contribution is 7.80. The Morgan fingerprint density at radius 3 is 1.80 bits per heavy atom. The van der Waals surface area contributed by atoms with Gasteiger partial charge in [-0.3, -0.25) is 10.1 Å². The highest BCUT2D eigenvalue weighted by atomic mass is 32.1. The summed E-state index contributed by atoms with van der Waals surface area (Å²) in [6.45, 7) is 0. The van der Waals surface area contributed by atoms with E-state index in [4.69, 9.17) is 32.2 Å². The van der Waals surface area contributed by atoms with Crippen molar-refractivity contribution in [1.29, 1.82) is 0 Å².